The van der Waals surface area contributed by atoms with Crippen LogP contribution in [0.15, 0.2) is 28.0 Å². The van der Waals surface area contributed by atoms with Crippen LogP contribution in [0.25, 0.3) is 0 Å². The third-order valence-electron chi connectivity index (χ3n) is 5.20. The number of methoxy groups -OCH3 is 1. The Labute approximate surface area is 156 Å². The lowest BCUT2D eigenvalue weighted by Gasteiger charge is -2.26. The normalized spacial score (nSPS) is 20.5. The second kappa shape index (κ2) is 6.87. The van der Waals surface area contributed by atoms with Gasteiger partial charge in [-0.05, 0) is 37.5 Å². The monoisotopic (exact) mass is 373 g/mol. The van der Waals surface area contributed by atoms with Crippen molar-refractivity contribution in [2.45, 2.75) is 50.3 Å². The van der Waals surface area contributed by atoms with Gasteiger partial charge < -0.3 is 9.84 Å². The number of nitrogens with one attached hydrogen (secondary N) is 1. The Bertz CT molecular complexity index is 909. The van der Waals surface area contributed by atoms with E-state index in [4.69, 9.17) is 9.73 Å². The van der Waals surface area contributed by atoms with Crippen LogP contribution in [0, 0.1) is 0 Å². The standard InChI is InChI=1S/C19H23N3O3S/c1-11-20-18-16(19(24)21-22(18)13-6-4-3-5-7-13)17(26-11)12-8-9-14(23)15(10-12)25-2/h8-10,13,17,23H,3-7H2,1-2H3,(H,21,24)/t17-/m0/s1. The molecule has 2 heterocycles. The van der Waals surface area contributed by atoms with E-state index in [9.17, 15) is 9.90 Å². The highest BCUT2D eigenvalue weighted by atomic mass is 32.2. The van der Waals surface area contributed by atoms with Gasteiger partial charge in [0.1, 0.15) is 0 Å². The summed E-state index contributed by atoms with van der Waals surface area (Å²) in [5.74, 6) is 1.26. The molecule has 1 atom stereocenters. The van der Waals surface area contributed by atoms with Gasteiger partial charge in [0.25, 0.3) is 5.56 Å². The van der Waals surface area contributed by atoms with Crippen LogP contribution in [0.2, 0.25) is 0 Å². The van der Waals surface area contributed by atoms with Gasteiger partial charge in [-0.3, -0.25) is 14.6 Å². The number of aromatic hydroxyl groups is 1. The third kappa shape index (κ3) is 2.94. The summed E-state index contributed by atoms with van der Waals surface area (Å²) in [4.78, 5) is 17.5. The van der Waals surface area contributed by atoms with Crippen molar-refractivity contribution in [1.82, 2.24) is 9.78 Å². The first kappa shape index (κ1) is 17.3. The van der Waals surface area contributed by atoms with E-state index in [1.807, 2.05) is 17.7 Å². The fourth-order valence-electron chi connectivity index (χ4n) is 3.90. The number of rotatable bonds is 3. The quantitative estimate of drug-likeness (QED) is 0.841. The molecular formula is C19H23N3O3S. The number of thioether (sulfide) groups is 1. The Morgan fingerprint density at radius 2 is 2.08 bits per heavy atom. The lowest BCUT2D eigenvalue weighted by Crippen LogP contribution is -2.16. The van der Waals surface area contributed by atoms with Gasteiger partial charge in [-0.1, -0.05) is 37.1 Å². The van der Waals surface area contributed by atoms with E-state index in [1.54, 1.807) is 23.9 Å². The predicted octanol–water partition coefficient (Wildman–Crippen LogP) is 4.28. The molecule has 1 aromatic heterocycles. The summed E-state index contributed by atoms with van der Waals surface area (Å²) in [5, 5.41) is 13.7. The molecule has 1 fully saturated rings. The average Bonchev–Trinajstić information content (AvgIpc) is 2.98. The molecule has 6 nitrogen and oxygen atoms in total. The van der Waals surface area contributed by atoms with Crippen LogP contribution in [0.4, 0.5) is 5.82 Å². The molecular weight excluding hydrogens is 350 g/mol. The van der Waals surface area contributed by atoms with Gasteiger partial charge in [-0.2, -0.15) is 0 Å². The van der Waals surface area contributed by atoms with Crippen LogP contribution in [0.1, 0.15) is 61.4 Å². The van der Waals surface area contributed by atoms with Gasteiger partial charge in [0, 0.05) is 0 Å². The summed E-state index contributed by atoms with van der Waals surface area (Å²) in [6.45, 7) is 1.97. The molecule has 0 amide bonds. The predicted molar refractivity (Wildman–Crippen MR) is 104 cm³/mol. The van der Waals surface area contributed by atoms with Crippen molar-refractivity contribution in [2.24, 2.45) is 4.99 Å². The number of H-pyrrole nitrogens is 1. The summed E-state index contributed by atoms with van der Waals surface area (Å²) in [7, 11) is 1.53. The van der Waals surface area contributed by atoms with E-state index in [2.05, 4.69) is 5.10 Å². The molecule has 2 aromatic rings. The molecule has 0 bridgehead atoms. The second-order valence-electron chi connectivity index (χ2n) is 6.90. The molecule has 0 unspecified atom stereocenters. The minimum Gasteiger partial charge on any atom is -0.504 e. The number of phenols is 1. The summed E-state index contributed by atoms with van der Waals surface area (Å²) < 4.78 is 7.23. The van der Waals surface area contributed by atoms with Crippen molar-refractivity contribution in [3.05, 3.63) is 39.7 Å². The van der Waals surface area contributed by atoms with Crippen molar-refractivity contribution in [2.75, 3.05) is 7.11 Å². The van der Waals surface area contributed by atoms with Crippen LogP contribution >= 0.6 is 11.8 Å². The van der Waals surface area contributed by atoms with Crippen LogP contribution in [-0.2, 0) is 0 Å². The van der Waals surface area contributed by atoms with E-state index >= 15 is 0 Å². The highest BCUT2D eigenvalue weighted by Crippen LogP contribution is 2.46. The smallest absolute Gasteiger partial charge is 0.271 e. The zero-order valence-corrected chi connectivity index (χ0v) is 15.8. The molecule has 0 saturated heterocycles. The highest BCUT2D eigenvalue weighted by Gasteiger charge is 2.32. The first-order valence-corrected chi connectivity index (χ1v) is 9.89. The highest BCUT2D eigenvalue weighted by molar-refractivity contribution is 8.14. The molecule has 1 aliphatic heterocycles. The van der Waals surface area contributed by atoms with E-state index in [-0.39, 0.29) is 16.6 Å². The fraction of sp³-hybridized carbons (Fsp3) is 0.474. The largest absolute Gasteiger partial charge is 0.504 e. The zero-order valence-electron chi connectivity index (χ0n) is 15.0. The minimum atomic E-state index is -0.161. The van der Waals surface area contributed by atoms with Crippen LogP contribution < -0.4 is 10.3 Å². The first-order chi connectivity index (χ1) is 12.6. The van der Waals surface area contributed by atoms with Crippen molar-refractivity contribution < 1.29 is 9.84 Å². The summed E-state index contributed by atoms with van der Waals surface area (Å²) >= 11 is 1.56. The number of hydrogen-bond donors (Lipinski definition) is 2. The van der Waals surface area contributed by atoms with Gasteiger partial charge >= 0.3 is 0 Å². The maximum atomic E-state index is 12.8. The van der Waals surface area contributed by atoms with Crippen LogP contribution in [0.3, 0.4) is 0 Å². The number of aliphatic imine (C=N–C) groups is 1. The zero-order chi connectivity index (χ0) is 18.3. The van der Waals surface area contributed by atoms with Gasteiger partial charge in [-0.25, -0.2) is 4.99 Å². The molecule has 1 aliphatic carbocycles. The lowest BCUT2D eigenvalue weighted by atomic mass is 9.95. The van der Waals surface area contributed by atoms with Gasteiger partial charge in [0.05, 0.1) is 29.0 Å². The number of benzene rings is 1. The van der Waals surface area contributed by atoms with E-state index < -0.39 is 0 Å². The third-order valence-corrected chi connectivity index (χ3v) is 6.37. The summed E-state index contributed by atoms with van der Waals surface area (Å²) in [6.07, 6.45) is 5.80. The maximum absolute atomic E-state index is 12.8. The Kier molecular flexibility index (Phi) is 4.56. The molecule has 4 rings (SSSR count). The lowest BCUT2D eigenvalue weighted by molar-refractivity contribution is 0.331. The van der Waals surface area contributed by atoms with E-state index in [0.717, 1.165) is 29.3 Å². The molecule has 26 heavy (non-hydrogen) atoms. The minimum absolute atomic E-state index is 0.0774. The molecule has 138 valence electrons. The van der Waals surface area contributed by atoms with Gasteiger partial charge in [-0.15, -0.1) is 0 Å². The molecule has 2 aliphatic rings. The number of phenolic OH excluding ortho intramolecular Hbond substituents is 1. The number of ether oxygens (including phenoxy) is 1. The molecule has 0 radical (unpaired) electrons. The number of nitrogens with zero attached hydrogens (tertiary/aromatic N) is 2. The van der Waals surface area contributed by atoms with Crippen LogP contribution in [0.5, 0.6) is 11.5 Å². The van der Waals surface area contributed by atoms with Gasteiger partial charge in [0.2, 0.25) is 0 Å². The van der Waals surface area contributed by atoms with Crippen molar-refractivity contribution in [3.63, 3.8) is 0 Å². The van der Waals surface area contributed by atoms with Crippen molar-refractivity contribution >= 4 is 22.6 Å². The summed E-state index contributed by atoms with van der Waals surface area (Å²) in [5.41, 5.74) is 1.54. The number of aromatic amines is 1. The maximum Gasteiger partial charge on any atom is 0.271 e. The first-order valence-electron chi connectivity index (χ1n) is 9.01. The molecule has 2 N–H and O–H groups in total. The topological polar surface area (TPSA) is 79.6 Å². The van der Waals surface area contributed by atoms with Crippen LogP contribution in [-0.4, -0.2) is 27.0 Å². The Balaban J connectivity index is 1.81. The number of fused-ring (bicyclic) bond motifs is 1. The molecule has 7 heteroatoms. The number of aromatic nitrogens is 2. The van der Waals surface area contributed by atoms with Gasteiger partial charge in [0.15, 0.2) is 17.3 Å². The second-order valence-corrected chi connectivity index (χ2v) is 8.20. The Hall–Kier alpha value is -2.15. The average molecular weight is 373 g/mol. The van der Waals surface area contributed by atoms with Crippen molar-refractivity contribution in [3.8, 4) is 11.5 Å². The van der Waals surface area contributed by atoms with E-state index in [0.29, 0.717) is 17.4 Å². The fourth-order valence-corrected chi connectivity index (χ4v) is 5.00. The Morgan fingerprint density at radius 1 is 1.31 bits per heavy atom. The molecule has 1 saturated carbocycles. The SMILES string of the molecule is COc1cc([C@@H]2SC(C)=Nc3c2c(=O)[nH]n3C2CCCCC2)ccc1O. The molecule has 0 spiro atoms. The van der Waals surface area contributed by atoms with Crippen molar-refractivity contribution in [1.29, 1.82) is 0 Å². The summed E-state index contributed by atoms with van der Waals surface area (Å²) in [6, 6.07) is 5.57. The Morgan fingerprint density at radius 3 is 2.81 bits per heavy atom. The number of hydrogen-bond acceptors (Lipinski definition) is 5. The van der Waals surface area contributed by atoms with E-state index in [1.165, 1.54) is 26.4 Å². The molecule has 1 aromatic carbocycles.